The van der Waals surface area contributed by atoms with Gasteiger partial charge in [-0.05, 0) is 12.8 Å². The van der Waals surface area contributed by atoms with Gasteiger partial charge in [0.15, 0.2) is 0 Å². The minimum absolute atomic E-state index is 0. The lowest BCUT2D eigenvalue weighted by Crippen LogP contribution is -2.34. The lowest BCUT2D eigenvalue weighted by atomic mass is 9.96. The predicted octanol–water partition coefficient (Wildman–Crippen LogP) is 2.42. The first-order valence-corrected chi connectivity index (χ1v) is 3.98. The van der Waals surface area contributed by atoms with Crippen molar-refractivity contribution in [3.8, 4) is 0 Å². The van der Waals surface area contributed by atoms with Gasteiger partial charge < -0.3 is 5.73 Å². The van der Waals surface area contributed by atoms with Crippen LogP contribution in [-0.4, -0.2) is 4.45 Å². The highest BCUT2D eigenvalue weighted by Crippen LogP contribution is 2.30. The summed E-state index contributed by atoms with van der Waals surface area (Å²) in [6, 6.07) is 0. The zero-order chi connectivity index (χ0) is 6.04. The minimum atomic E-state index is -0.00868. The van der Waals surface area contributed by atoms with E-state index in [1.165, 1.54) is 19.3 Å². The van der Waals surface area contributed by atoms with E-state index < -0.39 is 0 Å². The number of alkyl halides is 1. The molecule has 0 aromatic rings. The second-order valence-electron chi connectivity index (χ2n) is 2.60. The summed E-state index contributed by atoms with van der Waals surface area (Å²) in [4.78, 5) is 0. The largest absolute Gasteiger partial charge is 0.316 e. The third kappa shape index (κ3) is 3.43. The first-order valence-electron chi connectivity index (χ1n) is 3.18. The van der Waals surface area contributed by atoms with Gasteiger partial charge in [0.05, 0.1) is 4.45 Å². The summed E-state index contributed by atoms with van der Waals surface area (Å²) >= 11 is 3.47. The second kappa shape index (κ2) is 3.79. The smallest absolute Gasteiger partial charge is 0.0717 e. The third-order valence-corrected chi connectivity index (χ3v) is 2.48. The van der Waals surface area contributed by atoms with Crippen molar-refractivity contribution in [2.45, 2.75) is 36.6 Å². The molecule has 1 saturated carbocycles. The summed E-state index contributed by atoms with van der Waals surface area (Å²) in [7, 11) is 0. The maximum Gasteiger partial charge on any atom is 0.0717 e. The Hall–Kier alpha value is 0.730. The molecule has 0 aromatic heterocycles. The first-order chi connectivity index (χ1) is 3.71. The summed E-state index contributed by atoms with van der Waals surface area (Å²) in [6.07, 6.45) is 6.24. The van der Waals surface area contributed by atoms with Crippen LogP contribution in [0, 0.1) is 0 Å². The molecule has 2 N–H and O–H groups in total. The molecule has 0 spiro atoms. The van der Waals surface area contributed by atoms with Crippen LogP contribution in [0.4, 0.5) is 0 Å². The SMILES string of the molecule is Cl.NC1(Br)CCCCC1. The molecule has 0 bridgehead atoms. The quantitative estimate of drug-likeness (QED) is 0.486. The van der Waals surface area contributed by atoms with Crippen molar-refractivity contribution in [1.29, 1.82) is 0 Å². The second-order valence-corrected chi connectivity index (χ2v) is 4.17. The van der Waals surface area contributed by atoms with Crippen molar-refractivity contribution in [2.75, 3.05) is 0 Å². The monoisotopic (exact) mass is 213 g/mol. The van der Waals surface area contributed by atoms with Crippen LogP contribution in [0.5, 0.6) is 0 Å². The average Bonchev–Trinajstić information content (AvgIpc) is 1.65. The van der Waals surface area contributed by atoms with Gasteiger partial charge in [-0.25, -0.2) is 0 Å². The van der Waals surface area contributed by atoms with Gasteiger partial charge in [-0.3, -0.25) is 0 Å². The lowest BCUT2D eigenvalue weighted by Gasteiger charge is -2.26. The number of halogens is 2. The zero-order valence-electron chi connectivity index (χ0n) is 5.40. The zero-order valence-corrected chi connectivity index (χ0v) is 7.80. The summed E-state index contributed by atoms with van der Waals surface area (Å²) < 4.78 is -0.00868. The molecule has 0 amide bonds. The topological polar surface area (TPSA) is 26.0 Å². The fourth-order valence-corrected chi connectivity index (χ4v) is 1.70. The molecule has 0 saturated heterocycles. The Kier molecular flexibility index (Phi) is 4.10. The summed E-state index contributed by atoms with van der Waals surface area (Å²) in [5.41, 5.74) is 5.79. The maximum absolute atomic E-state index is 5.79. The Morgan fingerprint density at radius 3 is 1.78 bits per heavy atom. The van der Waals surface area contributed by atoms with Crippen LogP contribution in [0.25, 0.3) is 0 Å². The lowest BCUT2D eigenvalue weighted by molar-refractivity contribution is 0.415. The molecule has 9 heavy (non-hydrogen) atoms. The Morgan fingerprint density at radius 1 is 1.11 bits per heavy atom. The molecule has 0 radical (unpaired) electrons. The van der Waals surface area contributed by atoms with Gasteiger partial charge in [0.25, 0.3) is 0 Å². The fraction of sp³-hybridized carbons (Fsp3) is 1.00. The van der Waals surface area contributed by atoms with Gasteiger partial charge in [-0.1, -0.05) is 35.2 Å². The van der Waals surface area contributed by atoms with Crippen LogP contribution >= 0.6 is 28.3 Å². The first kappa shape index (κ1) is 9.73. The van der Waals surface area contributed by atoms with Crippen LogP contribution in [-0.2, 0) is 0 Å². The van der Waals surface area contributed by atoms with E-state index >= 15 is 0 Å². The third-order valence-electron chi connectivity index (χ3n) is 1.68. The van der Waals surface area contributed by atoms with Crippen molar-refractivity contribution >= 4 is 28.3 Å². The molecule has 1 aliphatic carbocycles. The fourth-order valence-electron chi connectivity index (χ4n) is 1.14. The molecule has 0 unspecified atom stereocenters. The van der Waals surface area contributed by atoms with Crippen LogP contribution in [0.15, 0.2) is 0 Å². The van der Waals surface area contributed by atoms with Crippen molar-refractivity contribution in [3.63, 3.8) is 0 Å². The Balaban J connectivity index is 0.000000640. The molecule has 1 fully saturated rings. The van der Waals surface area contributed by atoms with Gasteiger partial charge in [-0.15, -0.1) is 12.4 Å². The van der Waals surface area contributed by atoms with E-state index in [0.717, 1.165) is 12.8 Å². The Labute approximate surface area is 70.9 Å². The van der Waals surface area contributed by atoms with E-state index in [1.54, 1.807) is 0 Å². The number of rotatable bonds is 0. The minimum Gasteiger partial charge on any atom is -0.316 e. The molecule has 0 aliphatic heterocycles. The van der Waals surface area contributed by atoms with Crippen molar-refractivity contribution in [2.24, 2.45) is 5.73 Å². The molecule has 0 aromatic carbocycles. The standard InChI is InChI=1S/C6H12BrN.ClH/c7-6(8)4-2-1-3-5-6;/h1-5,8H2;1H. The van der Waals surface area contributed by atoms with Crippen molar-refractivity contribution in [3.05, 3.63) is 0 Å². The number of hydrogen-bond donors (Lipinski definition) is 1. The predicted molar refractivity (Wildman–Crippen MR) is 46.2 cm³/mol. The van der Waals surface area contributed by atoms with Gasteiger partial charge in [0.1, 0.15) is 0 Å². The average molecular weight is 215 g/mol. The molecule has 1 nitrogen and oxygen atoms in total. The molecule has 1 rings (SSSR count). The Morgan fingerprint density at radius 2 is 1.56 bits per heavy atom. The van der Waals surface area contributed by atoms with E-state index in [4.69, 9.17) is 5.73 Å². The Bertz CT molecular complexity index is 77.1. The molecular weight excluding hydrogens is 201 g/mol. The van der Waals surface area contributed by atoms with Crippen LogP contribution < -0.4 is 5.73 Å². The van der Waals surface area contributed by atoms with Gasteiger partial charge in [0, 0.05) is 0 Å². The molecule has 3 heteroatoms. The summed E-state index contributed by atoms with van der Waals surface area (Å²) in [6.45, 7) is 0. The number of hydrogen-bond acceptors (Lipinski definition) is 1. The van der Waals surface area contributed by atoms with E-state index in [-0.39, 0.29) is 16.9 Å². The van der Waals surface area contributed by atoms with E-state index in [2.05, 4.69) is 15.9 Å². The highest BCUT2D eigenvalue weighted by molar-refractivity contribution is 9.10. The normalized spacial score (nSPS) is 24.7. The summed E-state index contributed by atoms with van der Waals surface area (Å²) in [5, 5.41) is 0. The molecule has 56 valence electrons. The van der Waals surface area contributed by atoms with Gasteiger partial charge in [0.2, 0.25) is 0 Å². The van der Waals surface area contributed by atoms with Crippen molar-refractivity contribution < 1.29 is 0 Å². The van der Waals surface area contributed by atoms with Crippen LogP contribution in [0.1, 0.15) is 32.1 Å². The van der Waals surface area contributed by atoms with E-state index in [1.807, 2.05) is 0 Å². The van der Waals surface area contributed by atoms with Crippen molar-refractivity contribution in [1.82, 2.24) is 0 Å². The van der Waals surface area contributed by atoms with Gasteiger partial charge in [-0.2, -0.15) is 0 Å². The molecular formula is C6H13BrClN. The van der Waals surface area contributed by atoms with Crippen LogP contribution in [0.3, 0.4) is 0 Å². The van der Waals surface area contributed by atoms with Gasteiger partial charge >= 0.3 is 0 Å². The highest BCUT2D eigenvalue weighted by Gasteiger charge is 2.22. The number of nitrogens with two attached hydrogens (primary N) is 1. The molecule has 1 aliphatic rings. The molecule has 0 heterocycles. The van der Waals surface area contributed by atoms with E-state index in [0.29, 0.717) is 0 Å². The summed E-state index contributed by atoms with van der Waals surface area (Å²) in [5.74, 6) is 0. The van der Waals surface area contributed by atoms with Crippen LogP contribution in [0.2, 0.25) is 0 Å². The van der Waals surface area contributed by atoms with E-state index in [9.17, 15) is 0 Å². The maximum atomic E-state index is 5.79. The molecule has 0 atom stereocenters. The highest BCUT2D eigenvalue weighted by atomic mass is 79.9.